The topological polar surface area (TPSA) is 57.7 Å². The maximum Gasteiger partial charge on any atom is 0.243 e. The first kappa shape index (κ1) is 22.8. The fourth-order valence-electron chi connectivity index (χ4n) is 5.81. The van der Waals surface area contributed by atoms with Gasteiger partial charge in [0.1, 0.15) is 0 Å². The van der Waals surface area contributed by atoms with Crippen molar-refractivity contribution in [3.63, 3.8) is 0 Å². The Kier molecular flexibility index (Phi) is 7.37. The lowest BCUT2D eigenvalue weighted by Crippen LogP contribution is -2.54. The molecule has 3 fully saturated rings. The molecular formula is C25H38N2O3S. The van der Waals surface area contributed by atoms with Crippen molar-refractivity contribution in [1.29, 1.82) is 0 Å². The van der Waals surface area contributed by atoms with Gasteiger partial charge in [-0.25, -0.2) is 8.42 Å². The molecule has 6 heteroatoms. The molecule has 172 valence electrons. The van der Waals surface area contributed by atoms with Gasteiger partial charge in [-0.05, 0) is 57.6 Å². The van der Waals surface area contributed by atoms with Crippen molar-refractivity contribution in [3.05, 3.63) is 29.8 Å². The van der Waals surface area contributed by atoms with Crippen LogP contribution in [0.25, 0.3) is 0 Å². The Balaban J connectivity index is 1.52. The van der Waals surface area contributed by atoms with E-state index in [9.17, 15) is 13.2 Å². The number of hydrogen-bond acceptors (Lipinski definition) is 3. The number of sulfonamides is 1. The quantitative estimate of drug-likeness (QED) is 0.647. The number of aryl methyl sites for hydroxylation is 1. The van der Waals surface area contributed by atoms with Crippen molar-refractivity contribution in [2.75, 3.05) is 13.1 Å². The molecule has 1 heterocycles. The summed E-state index contributed by atoms with van der Waals surface area (Å²) < 4.78 is 28.0. The Labute approximate surface area is 188 Å². The standard InChI is InChI=1S/C25H38N2O3S/c1-20-14-16-24(17-15-20)31(29,30)26-18-8-9-21(19-26)25(28)27(22-10-4-2-5-11-22)23-12-6-3-7-13-23/h14-17,21-23H,2-13,18-19H2,1H3/t21-/m1/s1. The van der Waals surface area contributed by atoms with Crippen LogP contribution in [-0.4, -0.2) is 48.7 Å². The van der Waals surface area contributed by atoms with Gasteiger partial charge in [0.25, 0.3) is 0 Å². The molecule has 1 aromatic carbocycles. The number of carbonyl (C=O) groups excluding carboxylic acids is 1. The smallest absolute Gasteiger partial charge is 0.243 e. The lowest BCUT2D eigenvalue weighted by atomic mass is 9.86. The van der Waals surface area contributed by atoms with E-state index < -0.39 is 10.0 Å². The summed E-state index contributed by atoms with van der Waals surface area (Å²) in [5.41, 5.74) is 1.04. The molecule has 1 aromatic rings. The van der Waals surface area contributed by atoms with E-state index in [1.165, 1.54) is 38.5 Å². The first-order valence-corrected chi connectivity index (χ1v) is 13.8. The molecule has 1 aliphatic heterocycles. The van der Waals surface area contributed by atoms with Crippen LogP contribution in [0.2, 0.25) is 0 Å². The van der Waals surface area contributed by atoms with Gasteiger partial charge in [-0.15, -0.1) is 0 Å². The van der Waals surface area contributed by atoms with Gasteiger partial charge in [-0.3, -0.25) is 4.79 Å². The van der Waals surface area contributed by atoms with E-state index in [1.807, 2.05) is 19.1 Å². The SMILES string of the molecule is Cc1ccc(S(=O)(=O)N2CCC[C@@H](C(=O)N(C3CCCCC3)C3CCCCC3)C2)cc1. The van der Waals surface area contributed by atoms with Crippen LogP contribution < -0.4 is 0 Å². The molecular weight excluding hydrogens is 408 g/mol. The summed E-state index contributed by atoms with van der Waals surface area (Å²) in [6, 6.07) is 7.77. The molecule has 1 amide bonds. The van der Waals surface area contributed by atoms with E-state index in [2.05, 4.69) is 4.90 Å². The Hall–Kier alpha value is -1.40. The average molecular weight is 447 g/mol. The average Bonchev–Trinajstić information content (AvgIpc) is 2.81. The van der Waals surface area contributed by atoms with Crippen molar-refractivity contribution in [2.45, 2.75) is 101 Å². The number of rotatable bonds is 5. The zero-order valence-electron chi connectivity index (χ0n) is 19.0. The van der Waals surface area contributed by atoms with Gasteiger partial charge in [-0.1, -0.05) is 56.2 Å². The summed E-state index contributed by atoms with van der Waals surface area (Å²) in [5.74, 6) is 0.0143. The number of carbonyl (C=O) groups is 1. The second kappa shape index (κ2) is 10.0. The van der Waals surface area contributed by atoms with E-state index in [0.29, 0.717) is 30.1 Å². The molecule has 1 atom stereocenters. The number of hydrogen-bond donors (Lipinski definition) is 0. The Bertz CT molecular complexity index is 822. The third kappa shape index (κ3) is 5.16. The highest BCUT2D eigenvalue weighted by molar-refractivity contribution is 7.89. The predicted molar refractivity (Wildman–Crippen MR) is 123 cm³/mol. The molecule has 0 unspecified atom stereocenters. The summed E-state index contributed by atoms with van der Waals surface area (Å²) in [5, 5.41) is 0. The molecule has 0 radical (unpaired) electrons. The number of nitrogens with zero attached hydrogens (tertiary/aromatic N) is 2. The molecule has 1 saturated heterocycles. The summed E-state index contributed by atoms with van der Waals surface area (Å²) >= 11 is 0. The minimum Gasteiger partial charge on any atom is -0.336 e. The lowest BCUT2D eigenvalue weighted by Gasteiger charge is -2.44. The first-order valence-electron chi connectivity index (χ1n) is 12.4. The summed E-state index contributed by atoms with van der Waals surface area (Å²) in [6.45, 7) is 2.79. The third-order valence-electron chi connectivity index (χ3n) is 7.58. The van der Waals surface area contributed by atoms with Crippen molar-refractivity contribution in [3.8, 4) is 0 Å². The van der Waals surface area contributed by atoms with Crippen LogP contribution in [0.15, 0.2) is 29.2 Å². The van der Waals surface area contributed by atoms with E-state index in [-0.39, 0.29) is 11.8 Å². The Morgan fingerprint density at radius 3 is 1.94 bits per heavy atom. The lowest BCUT2D eigenvalue weighted by molar-refractivity contribution is -0.143. The van der Waals surface area contributed by atoms with Crippen LogP contribution in [0.5, 0.6) is 0 Å². The van der Waals surface area contributed by atoms with Gasteiger partial charge in [0.15, 0.2) is 0 Å². The third-order valence-corrected chi connectivity index (χ3v) is 9.46. The van der Waals surface area contributed by atoms with Crippen LogP contribution >= 0.6 is 0 Å². The summed E-state index contributed by atoms with van der Waals surface area (Å²) in [7, 11) is -3.56. The van der Waals surface area contributed by atoms with Gasteiger partial charge < -0.3 is 4.90 Å². The minimum atomic E-state index is -3.56. The second-order valence-corrected chi connectivity index (χ2v) is 11.8. The molecule has 0 spiro atoms. The minimum absolute atomic E-state index is 0.210. The molecule has 2 saturated carbocycles. The van der Waals surface area contributed by atoms with Crippen molar-refractivity contribution >= 4 is 15.9 Å². The predicted octanol–water partition coefficient (Wildman–Crippen LogP) is 4.89. The van der Waals surface area contributed by atoms with E-state index >= 15 is 0 Å². The van der Waals surface area contributed by atoms with Crippen LogP contribution in [-0.2, 0) is 14.8 Å². The molecule has 31 heavy (non-hydrogen) atoms. The van der Waals surface area contributed by atoms with Crippen molar-refractivity contribution in [2.24, 2.45) is 5.92 Å². The second-order valence-electron chi connectivity index (χ2n) is 9.84. The van der Waals surface area contributed by atoms with Gasteiger partial charge in [0.05, 0.1) is 10.8 Å². The van der Waals surface area contributed by atoms with Gasteiger partial charge in [-0.2, -0.15) is 4.31 Å². The zero-order valence-corrected chi connectivity index (χ0v) is 19.8. The molecule has 3 aliphatic rings. The van der Waals surface area contributed by atoms with Crippen LogP contribution in [0.3, 0.4) is 0 Å². The fraction of sp³-hybridized carbons (Fsp3) is 0.720. The highest BCUT2D eigenvalue weighted by Crippen LogP contribution is 2.33. The molecule has 2 aliphatic carbocycles. The van der Waals surface area contributed by atoms with Gasteiger partial charge >= 0.3 is 0 Å². The van der Waals surface area contributed by atoms with E-state index in [0.717, 1.165) is 44.1 Å². The van der Waals surface area contributed by atoms with Crippen LogP contribution in [0.1, 0.15) is 82.6 Å². The highest BCUT2D eigenvalue weighted by Gasteiger charge is 2.39. The van der Waals surface area contributed by atoms with Crippen molar-refractivity contribution < 1.29 is 13.2 Å². The van der Waals surface area contributed by atoms with E-state index in [4.69, 9.17) is 0 Å². The van der Waals surface area contributed by atoms with Crippen LogP contribution in [0, 0.1) is 12.8 Å². The molecule has 5 nitrogen and oxygen atoms in total. The Morgan fingerprint density at radius 1 is 0.839 bits per heavy atom. The number of piperidine rings is 1. The maximum absolute atomic E-state index is 13.9. The van der Waals surface area contributed by atoms with Crippen LogP contribution in [0.4, 0.5) is 0 Å². The molecule has 4 rings (SSSR count). The highest BCUT2D eigenvalue weighted by atomic mass is 32.2. The van der Waals surface area contributed by atoms with Gasteiger partial charge in [0.2, 0.25) is 15.9 Å². The normalized spacial score (nSPS) is 24.7. The molecule has 0 N–H and O–H groups in total. The monoisotopic (exact) mass is 446 g/mol. The number of amides is 1. The molecule has 0 bridgehead atoms. The number of benzene rings is 1. The van der Waals surface area contributed by atoms with Gasteiger partial charge in [0, 0.05) is 25.2 Å². The Morgan fingerprint density at radius 2 is 1.39 bits per heavy atom. The maximum atomic E-state index is 13.9. The largest absolute Gasteiger partial charge is 0.336 e. The fourth-order valence-corrected chi connectivity index (χ4v) is 7.33. The summed E-state index contributed by atoms with van der Waals surface area (Å²) in [6.07, 6.45) is 13.4. The first-order chi connectivity index (χ1) is 15.0. The van der Waals surface area contributed by atoms with Crippen molar-refractivity contribution in [1.82, 2.24) is 9.21 Å². The summed E-state index contributed by atoms with van der Waals surface area (Å²) in [4.78, 5) is 16.4. The zero-order chi connectivity index (χ0) is 21.8. The molecule has 0 aromatic heterocycles. The van der Waals surface area contributed by atoms with E-state index in [1.54, 1.807) is 16.4 Å².